The molecule has 3 rings (SSSR count). The molecule has 0 bridgehead atoms. The highest BCUT2D eigenvalue weighted by Crippen LogP contribution is 2.41. The average molecular weight is 261 g/mol. The Balaban J connectivity index is 2.32. The monoisotopic (exact) mass is 261 g/mol. The normalized spacial score (nSPS) is 10.4. The molecule has 3 N–H and O–H groups in total. The van der Waals surface area contributed by atoms with Crippen molar-refractivity contribution < 1.29 is 5.11 Å². The number of hydrogen-bond donors (Lipinski definition) is 2. The van der Waals surface area contributed by atoms with E-state index in [4.69, 9.17) is 5.73 Å². The lowest BCUT2D eigenvalue weighted by atomic mass is 9.92. The molecule has 0 radical (unpaired) electrons. The maximum absolute atomic E-state index is 10.3. The minimum absolute atomic E-state index is 0.240. The first-order valence-corrected chi connectivity index (χ1v) is 6.49. The maximum atomic E-state index is 10.3. The van der Waals surface area contributed by atoms with Gasteiger partial charge in [-0.2, -0.15) is 0 Å². The molecule has 0 saturated heterocycles. The summed E-state index contributed by atoms with van der Waals surface area (Å²) in [6.07, 6.45) is 0. The van der Waals surface area contributed by atoms with Crippen LogP contribution in [0.25, 0.3) is 22.3 Å². The van der Waals surface area contributed by atoms with Gasteiger partial charge in [-0.05, 0) is 23.3 Å². The fraction of sp³-hybridized carbons (Fsp3) is 0. The van der Waals surface area contributed by atoms with Crippen LogP contribution in [0.2, 0.25) is 0 Å². The van der Waals surface area contributed by atoms with Crippen molar-refractivity contribution in [2.75, 3.05) is 5.73 Å². The fourth-order valence-electron chi connectivity index (χ4n) is 2.42. The predicted octanol–water partition coefficient (Wildman–Crippen LogP) is 4.31. The first-order chi connectivity index (χ1) is 9.77. The van der Waals surface area contributed by atoms with Crippen LogP contribution in [-0.2, 0) is 0 Å². The molecule has 0 aliphatic heterocycles. The zero-order chi connectivity index (χ0) is 13.9. The Morgan fingerprint density at radius 3 is 1.65 bits per heavy atom. The number of anilines is 1. The molecule has 2 nitrogen and oxygen atoms in total. The zero-order valence-electron chi connectivity index (χ0n) is 11.0. The highest BCUT2D eigenvalue weighted by atomic mass is 16.3. The van der Waals surface area contributed by atoms with Crippen molar-refractivity contribution in [1.29, 1.82) is 0 Å². The van der Waals surface area contributed by atoms with Gasteiger partial charge >= 0.3 is 0 Å². The van der Waals surface area contributed by atoms with Crippen molar-refractivity contribution in [3.05, 3.63) is 72.8 Å². The van der Waals surface area contributed by atoms with E-state index in [9.17, 15) is 5.11 Å². The summed E-state index contributed by atoms with van der Waals surface area (Å²) in [6.45, 7) is 0. The van der Waals surface area contributed by atoms with Gasteiger partial charge in [0, 0.05) is 16.8 Å². The van der Waals surface area contributed by atoms with Crippen LogP contribution in [0.4, 0.5) is 5.69 Å². The van der Waals surface area contributed by atoms with Gasteiger partial charge in [-0.1, -0.05) is 60.7 Å². The lowest BCUT2D eigenvalue weighted by Gasteiger charge is -2.14. The Kier molecular flexibility index (Phi) is 3.13. The van der Waals surface area contributed by atoms with Gasteiger partial charge in [-0.3, -0.25) is 0 Å². The molecule has 0 spiro atoms. The number of aromatic hydroxyl groups is 1. The van der Waals surface area contributed by atoms with Gasteiger partial charge < -0.3 is 10.8 Å². The largest absolute Gasteiger partial charge is 0.507 e. The number of phenolic OH excluding ortho intramolecular Hbond substituents is 1. The number of phenols is 1. The van der Waals surface area contributed by atoms with Crippen molar-refractivity contribution in [3.63, 3.8) is 0 Å². The zero-order valence-corrected chi connectivity index (χ0v) is 11.0. The third-order valence-corrected chi connectivity index (χ3v) is 3.34. The quantitative estimate of drug-likeness (QED) is 0.533. The molecule has 20 heavy (non-hydrogen) atoms. The number of nitrogen functional groups attached to an aromatic ring is 1. The summed E-state index contributed by atoms with van der Waals surface area (Å²) < 4.78 is 0. The molecule has 0 saturated carbocycles. The second-order valence-corrected chi connectivity index (χ2v) is 4.66. The van der Waals surface area contributed by atoms with E-state index >= 15 is 0 Å². The fourth-order valence-corrected chi connectivity index (χ4v) is 2.42. The van der Waals surface area contributed by atoms with Gasteiger partial charge in [0.1, 0.15) is 5.75 Å². The van der Waals surface area contributed by atoms with Crippen molar-refractivity contribution in [3.8, 4) is 28.0 Å². The Morgan fingerprint density at radius 2 is 1.10 bits per heavy atom. The van der Waals surface area contributed by atoms with E-state index in [-0.39, 0.29) is 5.75 Å². The summed E-state index contributed by atoms with van der Waals surface area (Å²) in [7, 11) is 0. The van der Waals surface area contributed by atoms with E-state index in [0.717, 1.165) is 22.3 Å². The van der Waals surface area contributed by atoms with Crippen LogP contribution in [0.15, 0.2) is 72.8 Å². The molecule has 3 aromatic rings. The van der Waals surface area contributed by atoms with Gasteiger partial charge in [0.15, 0.2) is 0 Å². The topological polar surface area (TPSA) is 46.2 Å². The summed E-state index contributed by atoms with van der Waals surface area (Å²) in [6, 6.07) is 23.1. The van der Waals surface area contributed by atoms with Crippen molar-refractivity contribution in [1.82, 2.24) is 0 Å². The number of rotatable bonds is 2. The molecule has 0 aromatic heterocycles. The number of benzene rings is 3. The van der Waals surface area contributed by atoms with Crippen LogP contribution >= 0.6 is 0 Å². The third kappa shape index (κ3) is 2.12. The lowest BCUT2D eigenvalue weighted by molar-refractivity contribution is 0.477. The van der Waals surface area contributed by atoms with E-state index in [2.05, 4.69) is 0 Å². The van der Waals surface area contributed by atoms with Crippen LogP contribution in [-0.4, -0.2) is 5.11 Å². The minimum Gasteiger partial charge on any atom is -0.507 e. The summed E-state index contributed by atoms with van der Waals surface area (Å²) in [5.41, 5.74) is 10.4. The molecule has 98 valence electrons. The second kappa shape index (κ2) is 5.10. The Bertz CT molecular complexity index is 657. The molecule has 0 fully saturated rings. The van der Waals surface area contributed by atoms with Crippen LogP contribution in [0, 0.1) is 0 Å². The molecule has 2 heteroatoms. The van der Waals surface area contributed by atoms with E-state index in [1.54, 1.807) is 12.1 Å². The molecule has 0 unspecified atom stereocenters. The molecule has 3 aromatic carbocycles. The average Bonchev–Trinajstić information content (AvgIpc) is 2.51. The van der Waals surface area contributed by atoms with Gasteiger partial charge in [-0.15, -0.1) is 0 Å². The summed E-state index contributed by atoms with van der Waals surface area (Å²) >= 11 is 0. The van der Waals surface area contributed by atoms with Gasteiger partial charge in [-0.25, -0.2) is 0 Å². The standard InChI is InChI=1S/C18H15NO/c19-15-11-12-16(20)18(14-9-5-2-6-10-14)17(15)13-7-3-1-4-8-13/h1-12,20H,19H2. The van der Waals surface area contributed by atoms with Gasteiger partial charge in [0.05, 0.1) is 0 Å². The molecule has 0 atom stereocenters. The van der Waals surface area contributed by atoms with Gasteiger partial charge in [0.25, 0.3) is 0 Å². The van der Waals surface area contributed by atoms with E-state index in [1.165, 1.54) is 0 Å². The smallest absolute Gasteiger partial charge is 0.124 e. The molecule has 0 amide bonds. The third-order valence-electron chi connectivity index (χ3n) is 3.34. The minimum atomic E-state index is 0.240. The molecular formula is C18H15NO. The summed E-state index contributed by atoms with van der Waals surface area (Å²) in [5.74, 6) is 0.240. The van der Waals surface area contributed by atoms with E-state index < -0.39 is 0 Å². The van der Waals surface area contributed by atoms with Gasteiger partial charge in [0.2, 0.25) is 0 Å². The lowest BCUT2D eigenvalue weighted by Crippen LogP contribution is -1.94. The maximum Gasteiger partial charge on any atom is 0.124 e. The highest BCUT2D eigenvalue weighted by molar-refractivity contribution is 5.94. The second-order valence-electron chi connectivity index (χ2n) is 4.66. The molecule has 0 heterocycles. The van der Waals surface area contributed by atoms with Crippen LogP contribution in [0.5, 0.6) is 5.75 Å². The Morgan fingerprint density at radius 1 is 0.600 bits per heavy atom. The van der Waals surface area contributed by atoms with Crippen molar-refractivity contribution in [2.24, 2.45) is 0 Å². The summed E-state index contributed by atoms with van der Waals surface area (Å²) in [4.78, 5) is 0. The van der Waals surface area contributed by atoms with Crippen molar-refractivity contribution in [2.45, 2.75) is 0 Å². The highest BCUT2D eigenvalue weighted by Gasteiger charge is 2.14. The van der Waals surface area contributed by atoms with Crippen molar-refractivity contribution >= 4 is 5.69 Å². The molecule has 0 aliphatic carbocycles. The SMILES string of the molecule is Nc1ccc(O)c(-c2ccccc2)c1-c1ccccc1. The van der Waals surface area contributed by atoms with Crippen LogP contribution in [0.1, 0.15) is 0 Å². The number of hydrogen-bond acceptors (Lipinski definition) is 2. The Labute approximate surface area is 118 Å². The first-order valence-electron chi connectivity index (χ1n) is 6.49. The molecular weight excluding hydrogens is 246 g/mol. The number of nitrogens with two attached hydrogens (primary N) is 1. The Hall–Kier alpha value is -2.74. The predicted molar refractivity (Wildman–Crippen MR) is 83.4 cm³/mol. The van der Waals surface area contributed by atoms with Crippen LogP contribution < -0.4 is 5.73 Å². The van der Waals surface area contributed by atoms with Crippen LogP contribution in [0.3, 0.4) is 0 Å². The van der Waals surface area contributed by atoms with E-state index in [1.807, 2.05) is 60.7 Å². The molecule has 0 aliphatic rings. The summed E-state index contributed by atoms with van der Waals surface area (Å²) in [5, 5.41) is 10.3. The van der Waals surface area contributed by atoms with E-state index in [0.29, 0.717) is 5.69 Å². The first kappa shape index (κ1) is 12.3.